The molecule has 0 saturated heterocycles. The summed E-state index contributed by atoms with van der Waals surface area (Å²) in [4.78, 5) is 12.9. The highest BCUT2D eigenvalue weighted by atomic mass is 19.3. The number of ether oxygens (including phenoxy) is 2. The van der Waals surface area contributed by atoms with E-state index in [0.717, 1.165) is 4.68 Å². The molecule has 1 N–H and O–H groups in total. The third-order valence-corrected chi connectivity index (χ3v) is 5.59. The van der Waals surface area contributed by atoms with Gasteiger partial charge in [-0.2, -0.15) is 36.1 Å². The van der Waals surface area contributed by atoms with Gasteiger partial charge in [0.15, 0.2) is 11.6 Å². The van der Waals surface area contributed by atoms with Gasteiger partial charge in [-0.15, -0.1) is 0 Å². The SMILES string of the molecule is O=C(Nc1cc(F)c2c(c1)C(F)(F)C(F)(F)O2)n1cc(-c2ccccc2)c(-c2ccc(OC(F)F)cc2)n1. The maximum Gasteiger partial charge on any atom is 0.469 e. The molecule has 2 heterocycles. The van der Waals surface area contributed by atoms with Crippen molar-refractivity contribution in [2.45, 2.75) is 18.6 Å². The van der Waals surface area contributed by atoms with E-state index >= 15 is 0 Å². The molecule has 1 aliphatic rings. The lowest BCUT2D eigenvalue weighted by Crippen LogP contribution is -2.37. The van der Waals surface area contributed by atoms with E-state index in [1.807, 2.05) is 0 Å². The standard InChI is InChI=1S/C25H14F7N3O3/c26-19-11-15(10-18-21(19)38-25(31,32)24(18,29)30)33-23(36)35-12-17(13-4-2-1-3-5-13)20(34-35)14-6-8-16(9-7-14)37-22(27)28/h1-12,22H,(H,33,36). The highest BCUT2D eigenvalue weighted by Gasteiger charge is 2.67. The van der Waals surface area contributed by atoms with E-state index in [4.69, 9.17) is 0 Å². The van der Waals surface area contributed by atoms with Crippen molar-refractivity contribution in [3.05, 3.63) is 84.3 Å². The minimum atomic E-state index is -4.96. The molecule has 4 aromatic rings. The number of hydrogen-bond donors (Lipinski definition) is 1. The quantitative estimate of drug-likeness (QED) is 0.276. The monoisotopic (exact) mass is 537 g/mol. The molecule has 3 aromatic carbocycles. The van der Waals surface area contributed by atoms with Gasteiger partial charge in [-0.25, -0.2) is 9.18 Å². The third kappa shape index (κ3) is 4.40. The number of carbonyl (C=O) groups is 1. The Morgan fingerprint density at radius 2 is 1.66 bits per heavy atom. The summed E-state index contributed by atoms with van der Waals surface area (Å²) in [5.41, 5.74) is -0.247. The van der Waals surface area contributed by atoms with Gasteiger partial charge in [0.05, 0.1) is 5.56 Å². The lowest BCUT2D eigenvalue weighted by atomic mass is 10.0. The molecule has 0 fully saturated rings. The van der Waals surface area contributed by atoms with Crippen molar-refractivity contribution in [2.75, 3.05) is 5.32 Å². The van der Waals surface area contributed by atoms with Crippen LogP contribution in [0.3, 0.4) is 0 Å². The Morgan fingerprint density at radius 3 is 2.32 bits per heavy atom. The molecule has 0 unspecified atom stereocenters. The number of benzene rings is 3. The van der Waals surface area contributed by atoms with Gasteiger partial charge in [-0.05, 0) is 35.9 Å². The molecule has 0 aliphatic carbocycles. The molecule has 0 bridgehead atoms. The third-order valence-electron chi connectivity index (χ3n) is 5.59. The summed E-state index contributed by atoms with van der Waals surface area (Å²) in [6.07, 6.45) is -3.66. The van der Waals surface area contributed by atoms with Gasteiger partial charge in [0.25, 0.3) is 0 Å². The van der Waals surface area contributed by atoms with Crippen LogP contribution in [0.1, 0.15) is 5.56 Å². The van der Waals surface area contributed by atoms with E-state index in [1.165, 1.54) is 30.5 Å². The van der Waals surface area contributed by atoms with Crippen LogP contribution in [0, 0.1) is 5.82 Å². The van der Waals surface area contributed by atoms with Crippen LogP contribution < -0.4 is 14.8 Å². The molecule has 0 radical (unpaired) electrons. The smallest absolute Gasteiger partial charge is 0.435 e. The number of nitrogens with one attached hydrogen (secondary N) is 1. The van der Waals surface area contributed by atoms with E-state index in [-0.39, 0.29) is 11.4 Å². The number of amides is 1. The van der Waals surface area contributed by atoms with Crippen molar-refractivity contribution in [1.29, 1.82) is 0 Å². The summed E-state index contributed by atoms with van der Waals surface area (Å²) in [5.74, 6) is -7.77. The van der Waals surface area contributed by atoms with Crippen molar-refractivity contribution in [1.82, 2.24) is 9.78 Å². The van der Waals surface area contributed by atoms with Crippen molar-refractivity contribution in [2.24, 2.45) is 0 Å². The molecule has 38 heavy (non-hydrogen) atoms. The molecule has 1 aliphatic heterocycles. The van der Waals surface area contributed by atoms with Crippen LogP contribution in [-0.4, -0.2) is 28.5 Å². The van der Waals surface area contributed by atoms with E-state index in [9.17, 15) is 35.5 Å². The van der Waals surface area contributed by atoms with E-state index < -0.39 is 47.5 Å². The molecule has 13 heteroatoms. The summed E-state index contributed by atoms with van der Waals surface area (Å²) in [6.45, 7) is -3.02. The molecule has 6 nitrogen and oxygen atoms in total. The summed E-state index contributed by atoms with van der Waals surface area (Å²) in [7, 11) is 0. The van der Waals surface area contributed by atoms with Crippen molar-refractivity contribution < 1.29 is 45.0 Å². The Hall–Kier alpha value is -4.55. The van der Waals surface area contributed by atoms with Crippen LogP contribution in [0.15, 0.2) is 72.9 Å². The number of rotatable bonds is 5. The van der Waals surface area contributed by atoms with Crippen LogP contribution in [0.4, 0.5) is 41.2 Å². The zero-order valence-electron chi connectivity index (χ0n) is 18.8. The largest absolute Gasteiger partial charge is 0.469 e. The first-order valence-corrected chi connectivity index (χ1v) is 10.8. The molecule has 5 rings (SSSR count). The predicted molar refractivity (Wildman–Crippen MR) is 120 cm³/mol. The van der Waals surface area contributed by atoms with Gasteiger partial charge >= 0.3 is 24.7 Å². The van der Waals surface area contributed by atoms with Gasteiger partial charge in [0, 0.05) is 29.1 Å². The molecule has 1 aromatic heterocycles. The molecule has 0 atom stereocenters. The van der Waals surface area contributed by atoms with Crippen LogP contribution in [0.5, 0.6) is 11.5 Å². The summed E-state index contributed by atoms with van der Waals surface area (Å²) in [5, 5.41) is 6.37. The number of alkyl halides is 6. The molecule has 0 spiro atoms. The number of hydrogen-bond acceptors (Lipinski definition) is 4. The van der Waals surface area contributed by atoms with Crippen molar-refractivity contribution >= 4 is 11.7 Å². The predicted octanol–water partition coefficient (Wildman–Crippen LogP) is 7.11. The Bertz CT molecular complexity index is 1510. The maximum absolute atomic E-state index is 14.3. The van der Waals surface area contributed by atoms with E-state index in [2.05, 4.69) is 19.9 Å². The summed E-state index contributed by atoms with van der Waals surface area (Å²) >= 11 is 0. The van der Waals surface area contributed by atoms with E-state index in [0.29, 0.717) is 28.8 Å². The Balaban J connectivity index is 1.49. The Labute approximate surface area is 209 Å². The zero-order valence-corrected chi connectivity index (χ0v) is 18.8. The molecule has 0 saturated carbocycles. The second-order valence-electron chi connectivity index (χ2n) is 8.06. The van der Waals surface area contributed by atoms with E-state index in [1.54, 1.807) is 30.3 Å². The second-order valence-corrected chi connectivity index (χ2v) is 8.06. The fourth-order valence-corrected chi connectivity index (χ4v) is 3.85. The maximum atomic E-state index is 14.3. The average molecular weight is 537 g/mol. The van der Waals surface area contributed by atoms with Gasteiger partial charge in [-0.3, -0.25) is 0 Å². The molecular weight excluding hydrogens is 523 g/mol. The highest BCUT2D eigenvalue weighted by Crippen LogP contribution is 2.54. The number of fused-ring (bicyclic) bond motifs is 1. The minimum Gasteiger partial charge on any atom is -0.435 e. The number of aromatic nitrogens is 2. The molecule has 196 valence electrons. The Morgan fingerprint density at radius 1 is 0.974 bits per heavy atom. The minimum absolute atomic E-state index is 0.104. The number of nitrogens with zero attached hydrogens (tertiary/aromatic N) is 2. The number of anilines is 1. The number of carbonyl (C=O) groups excluding carboxylic acids is 1. The summed E-state index contributed by atoms with van der Waals surface area (Å²) in [6, 6.07) is 14.1. The van der Waals surface area contributed by atoms with Crippen molar-refractivity contribution in [3.63, 3.8) is 0 Å². The topological polar surface area (TPSA) is 65.4 Å². The first kappa shape index (κ1) is 25.1. The zero-order chi connectivity index (χ0) is 27.2. The van der Waals surface area contributed by atoms with Gasteiger partial charge < -0.3 is 14.8 Å². The summed E-state index contributed by atoms with van der Waals surface area (Å²) < 4.78 is 103. The van der Waals surface area contributed by atoms with Gasteiger partial charge in [-0.1, -0.05) is 30.3 Å². The highest BCUT2D eigenvalue weighted by molar-refractivity contribution is 5.93. The number of halogens is 7. The first-order chi connectivity index (χ1) is 18.0. The molecular formula is C25H14F7N3O3. The fourth-order valence-electron chi connectivity index (χ4n) is 3.85. The van der Waals surface area contributed by atoms with Crippen LogP contribution >= 0.6 is 0 Å². The van der Waals surface area contributed by atoms with Crippen LogP contribution in [0.2, 0.25) is 0 Å². The second kappa shape index (κ2) is 9.08. The van der Waals surface area contributed by atoms with Crippen molar-refractivity contribution in [3.8, 4) is 33.9 Å². The lowest BCUT2D eigenvalue weighted by molar-refractivity contribution is -0.296. The molecule has 1 amide bonds. The first-order valence-electron chi connectivity index (χ1n) is 10.8. The van der Waals surface area contributed by atoms with Crippen LogP contribution in [0.25, 0.3) is 22.4 Å². The Kier molecular flexibility index (Phi) is 6.00. The fraction of sp³-hybridized carbons (Fsp3) is 0.120. The van der Waals surface area contributed by atoms with Gasteiger partial charge in [0.1, 0.15) is 11.4 Å². The van der Waals surface area contributed by atoms with Gasteiger partial charge in [0.2, 0.25) is 0 Å². The lowest BCUT2D eigenvalue weighted by Gasteiger charge is -2.16. The average Bonchev–Trinajstić information content (AvgIpc) is 3.38. The van der Waals surface area contributed by atoms with Crippen LogP contribution in [-0.2, 0) is 5.92 Å². The normalized spacial score (nSPS) is 15.2.